The zero-order valence-electron chi connectivity index (χ0n) is 10.9. The number of aromatic nitrogens is 2. The summed E-state index contributed by atoms with van der Waals surface area (Å²) in [5, 5.41) is 5.64. The highest BCUT2D eigenvalue weighted by molar-refractivity contribution is 5.84. The van der Waals surface area contributed by atoms with Crippen molar-refractivity contribution >= 4 is 17.5 Å². The van der Waals surface area contributed by atoms with Crippen LogP contribution in [0.3, 0.4) is 0 Å². The Kier molecular flexibility index (Phi) is 5.31. The first-order valence-electron chi connectivity index (χ1n) is 5.92. The number of likely N-dealkylation sites (N-methyl/N-ethyl adjacent to an activating group) is 1. The van der Waals surface area contributed by atoms with Crippen LogP contribution in [-0.2, 0) is 11.2 Å². The minimum atomic E-state index is -0.369. The monoisotopic (exact) mass is 252 g/mol. The van der Waals surface area contributed by atoms with E-state index in [0.29, 0.717) is 11.6 Å². The molecule has 0 fully saturated rings. The zero-order chi connectivity index (χ0) is 13.5. The van der Waals surface area contributed by atoms with Crippen LogP contribution in [-0.4, -0.2) is 29.0 Å². The second-order valence-corrected chi connectivity index (χ2v) is 3.92. The number of rotatable bonds is 6. The largest absolute Gasteiger partial charge is 0.358 e. The molecule has 0 aliphatic rings. The van der Waals surface area contributed by atoms with Crippen LogP contribution in [0.1, 0.15) is 25.8 Å². The van der Waals surface area contributed by atoms with Crippen molar-refractivity contribution in [1.29, 1.82) is 0 Å². The van der Waals surface area contributed by atoms with Crippen molar-refractivity contribution in [1.82, 2.24) is 15.3 Å². The summed E-state index contributed by atoms with van der Waals surface area (Å²) in [4.78, 5) is 19.7. The molecule has 0 bridgehead atoms. The number of hydrogen-bond donors (Lipinski definition) is 4. The van der Waals surface area contributed by atoms with Crippen LogP contribution in [0.5, 0.6) is 0 Å². The highest BCUT2D eigenvalue weighted by Gasteiger charge is 2.15. The van der Waals surface area contributed by atoms with Gasteiger partial charge in [-0.25, -0.2) is 15.8 Å². The Hall–Kier alpha value is -1.89. The molecule has 1 atom stereocenters. The molecule has 1 amide bonds. The van der Waals surface area contributed by atoms with Gasteiger partial charge in [0, 0.05) is 12.6 Å². The minimum Gasteiger partial charge on any atom is -0.358 e. The van der Waals surface area contributed by atoms with Gasteiger partial charge in [-0.05, 0) is 13.3 Å². The van der Waals surface area contributed by atoms with Crippen molar-refractivity contribution in [3.05, 3.63) is 11.9 Å². The van der Waals surface area contributed by atoms with Crippen LogP contribution in [0, 0.1) is 0 Å². The summed E-state index contributed by atoms with van der Waals surface area (Å²) >= 11 is 0. The third-order valence-corrected chi connectivity index (χ3v) is 2.57. The van der Waals surface area contributed by atoms with Gasteiger partial charge in [0.25, 0.3) is 0 Å². The molecule has 5 N–H and O–H groups in total. The molecule has 0 spiro atoms. The van der Waals surface area contributed by atoms with Gasteiger partial charge in [0.15, 0.2) is 0 Å². The molecular weight excluding hydrogens is 232 g/mol. The Morgan fingerprint density at radius 2 is 2.11 bits per heavy atom. The van der Waals surface area contributed by atoms with Crippen molar-refractivity contribution in [2.45, 2.75) is 32.7 Å². The van der Waals surface area contributed by atoms with Crippen LogP contribution >= 0.6 is 0 Å². The van der Waals surface area contributed by atoms with Crippen LogP contribution in [0.2, 0.25) is 0 Å². The summed E-state index contributed by atoms with van der Waals surface area (Å²) in [7, 11) is 1.60. The molecule has 1 aromatic rings. The van der Waals surface area contributed by atoms with E-state index >= 15 is 0 Å². The maximum Gasteiger partial charge on any atom is 0.241 e. The molecule has 1 aromatic heterocycles. The fraction of sp³-hybridized carbons (Fsp3) is 0.545. The van der Waals surface area contributed by atoms with E-state index in [1.165, 1.54) is 6.33 Å². The first-order valence-corrected chi connectivity index (χ1v) is 5.92. The van der Waals surface area contributed by atoms with Gasteiger partial charge in [0.2, 0.25) is 5.91 Å². The number of carbonyl (C=O) groups excluding carboxylic acids is 1. The number of amides is 1. The van der Waals surface area contributed by atoms with Crippen molar-refractivity contribution in [3.8, 4) is 0 Å². The van der Waals surface area contributed by atoms with Crippen LogP contribution in [0.15, 0.2) is 6.33 Å². The smallest absolute Gasteiger partial charge is 0.241 e. The summed E-state index contributed by atoms with van der Waals surface area (Å²) < 4.78 is 0. The molecule has 0 saturated heterocycles. The van der Waals surface area contributed by atoms with Gasteiger partial charge in [-0.3, -0.25) is 4.79 Å². The standard InChI is InChI=1S/C11H20N6O/c1-4-5-8-9(14-6-15-10(8)17-12)16-7(2)11(18)13-3/h6-7H,4-5,12H2,1-3H3,(H,13,18)(H2,14,15,16,17). The third kappa shape index (κ3) is 3.30. The molecule has 0 radical (unpaired) electrons. The summed E-state index contributed by atoms with van der Waals surface area (Å²) in [6, 6.07) is -0.369. The molecule has 0 aliphatic heterocycles. The molecule has 18 heavy (non-hydrogen) atoms. The molecule has 7 nitrogen and oxygen atoms in total. The number of hydrazine groups is 1. The topological polar surface area (TPSA) is 105 Å². The Bertz CT molecular complexity index is 409. The molecule has 0 aliphatic carbocycles. The van der Waals surface area contributed by atoms with Crippen LogP contribution < -0.4 is 21.9 Å². The summed E-state index contributed by atoms with van der Waals surface area (Å²) in [6.45, 7) is 3.82. The second-order valence-electron chi connectivity index (χ2n) is 3.92. The molecule has 1 heterocycles. The van der Waals surface area contributed by atoms with Crippen molar-refractivity contribution in [2.75, 3.05) is 17.8 Å². The SMILES string of the molecule is CCCc1c(NN)ncnc1NC(C)C(=O)NC. The van der Waals surface area contributed by atoms with Crippen LogP contribution in [0.25, 0.3) is 0 Å². The van der Waals surface area contributed by atoms with E-state index in [9.17, 15) is 4.79 Å². The maximum atomic E-state index is 11.5. The van der Waals surface area contributed by atoms with Gasteiger partial charge in [-0.1, -0.05) is 13.3 Å². The van der Waals surface area contributed by atoms with E-state index < -0.39 is 0 Å². The lowest BCUT2D eigenvalue weighted by Crippen LogP contribution is -2.35. The number of hydrogen-bond acceptors (Lipinski definition) is 6. The molecule has 1 unspecified atom stereocenters. The molecule has 1 rings (SSSR count). The first kappa shape index (κ1) is 14.2. The lowest BCUT2D eigenvalue weighted by molar-refractivity contribution is -0.121. The van der Waals surface area contributed by atoms with Gasteiger partial charge in [-0.2, -0.15) is 0 Å². The highest BCUT2D eigenvalue weighted by Crippen LogP contribution is 2.21. The third-order valence-electron chi connectivity index (χ3n) is 2.57. The molecule has 100 valence electrons. The van der Waals surface area contributed by atoms with E-state index in [0.717, 1.165) is 18.4 Å². The summed E-state index contributed by atoms with van der Waals surface area (Å²) in [6.07, 6.45) is 3.13. The van der Waals surface area contributed by atoms with Crippen molar-refractivity contribution in [3.63, 3.8) is 0 Å². The zero-order valence-corrected chi connectivity index (χ0v) is 10.9. The van der Waals surface area contributed by atoms with E-state index in [4.69, 9.17) is 5.84 Å². The lowest BCUT2D eigenvalue weighted by atomic mass is 10.1. The highest BCUT2D eigenvalue weighted by atomic mass is 16.2. The molecule has 0 saturated carbocycles. The van der Waals surface area contributed by atoms with E-state index in [-0.39, 0.29) is 11.9 Å². The van der Waals surface area contributed by atoms with Gasteiger partial charge in [-0.15, -0.1) is 0 Å². The predicted molar refractivity (Wildman–Crippen MR) is 71.0 cm³/mol. The average molecular weight is 252 g/mol. The van der Waals surface area contributed by atoms with Gasteiger partial charge in [0.05, 0.1) is 0 Å². The normalized spacial score (nSPS) is 11.8. The van der Waals surface area contributed by atoms with Gasteiger partial charge >= 0.3 is 0 Å². The predicted octanol–water partition coefficient (Wildman–Crippen LogP) is 0.261. The van der Waals surface area contributed by atoms with Crippen LogP contribution in [0.4, 0.5) is 11.6 Å². The van der Waals surface area contributed by atoms with E-state index in [1.807, 2.05) is 0 Å². The minimum absolute atomic E-state index is 0.0988. The molecule has 0 aromatic carbocycles. The Morgan fingerprint density at radius 3 is 2.67 bits per heavy atom. The lowest BCUT2D eigenvalue weighted by Gasteiger charge is -2.17. The van der Waals surface area contributed by atoms with E-state index in [1.54, 1.807) is 14.0 Å². The first-order chi connectivity index (χ1) is 8.63. The number of nitrogens with zero attached hydrogens (tertiary/aromatic N) is 2. The molecule has 7 heteroatoms. The number of nitrogen functional groups attached to an aromatic ring is 1. The van der Waals surface area contributed by atoms with E-state index in [2.05, 4.69) is 33.0 Å². The van der Waals surface area contributed by atoms with Crippen molar-refractivity contribution < 1.29 is 4.79 Å². The number of nitrogens with one attached hydrogen (secondary N) is 3. The number of nitrogens with two attached hydrogens (primary N) is 1. The second kappa shape index (κ2) is 6.75. The fourth-order valence-electron chi connectivity index (χ4n) is 1.64. The molecular formula is C11H20N6O. The quantitative estimate of drug-likeness (QED) is 0.427. The van der Waals surface area contributed by atoms with Crippen molar-refractivity contribution in [2.24, 2.45) is 5.84 Å². The Labute approximate surface area is 107 Å². The summed E-state index contributed by atoms with van der Waals surface area (Å²) in [5.41, 5.74) is 3.43. The summed E-state index contributed by atoms with van der Waals surface area (Å²) in [5.74, 6) is 6.54. The van der Waals surface area contributed by atoms with Gasteiger partial charge < -0.3 is 16.1 Å². The maximum absolute atomic E-state index is 11.5. The number of anilines is 2. The Balaban J connectivity index is 2.96. The number of carbonyl (C=O) groups is 1. The fourth-order valence-corrected chi connectivity index (χ4v) is 1.64. The average Bonchev–Trinajstić information content (AvgIpc) is 2.39. The Morgan fingerprint density at radius 1 is 1.44 bits per heavy atom. The van der Waals surface area contributed by atoms with Gasteiger partial charge in [0.1, 0.15) is 24.0 Å².